The molecule has 3 rings (SSSR count). The molecule has 23 heavy (non-hydrogen) atoms. The molecule has 0 aliphatic rings. The lowest BCUT2D eigenvalue weighted by Crippen LogP contribution is -2.16. The first-order chi connectivity index (χ1) is 10.8. The van der Waals surface area contributed by atoms with Gasteiger partial charge >= 0.3 is 5.97 Å². The lowest BCUT2D eigenvalue weighted by atomic mass is 9.93. The lowest BCUT2D eigenvalue weighted by molar-refractivity contribution is -0.136. The number of rotatable bonds is 3. The molecule has 120 valence electrons. The predicted octanol–water partition coefficient (Wildman–Crippen LogP) is 4.30. The summed E-state index contributed by atoms with van der Waals surface area (Å²) in [4.78, 5) is 17.0. The number of carboxylic acid groups (broad SMARTS) is 1. The van der Waals surface area contributed by atoms with Gasteiger partial charge in [0.15, 0.2) is 4.96 Å². The van der Waals surface area contributed by atoms with Crippen molar-refractivity contribution in [3.8, 4) is 11.3 Å². The molecule has 0 fully saturated rings. The first kappa shape index (κ1) is 15.7. The third-order valence-electron chi connectivity index (χ3n) is 3.87. The zero-order chi connectivity index (χ0) is 16.8. The zero-order valence-corrected chi connectivity index (χ0v) is 14.6. The second kappa shape index (κ2) is 5.49. The molecule has 2 heterocycles. The lowest BCUT2D eigenvalue weighted by Gasteiger charge is -2.18. The summed E-state index contributed by atoms with van der Waals surface area (Å²) in [5, 5.41) is 11.4. The van der Waals surface area contributed by atoms with Crippen LogP contribution in [0.3, 0.4) is 0 Å². The first-order valence-corrected chi connectivity index (χ1v) is 8.43. The van der Waals surface area contributed by atoms with Crippen molar-refractivity contribution in [3.63, 3.8) is 0 Å². The normalized spacial score (nSPS) is 12.0. The van der Waals surface area contributed by atoms with Crippen molar-refractivity contribution in [1.82, 2.24) is 9.38 Å². The van der Waals surface area contributed by atoms with Gasteiger partial charge in [0.1, 0.15) is 0 Å². The minimum atomic E-state index is -0.841. The van der Waals surface area contributed by atoms with Crippen molar-refractivity contribution in [2.45, 2.75) is 39.5 Å². The van der Waals surface area contributed by atoms with Crippen LogP contribution in [0, 0.1) is 6.92 Å². The van der Waals surface area contributed by atoms with Crippen molar-refractivity contribution in [3.05, 3.63) is 46.6 Å². The Hall–Kier alpha value is -2.14. The Bertz CT molecular complexity index is 867. The van der Waals surface area contributed by atoms with Gasteiger partial charge in [0.05, 0.1) is 17.8 Å². The number of thiazole rings is 1. The van der Waals surface area contributed by atoms with E-state index in [9.17, 15) is 9.90 Å². The average molecular weight is 328 g/mol. The minimum Gasteiger partial charge on any atom is -0.481 e. The molecule has 0 spiro atoms. The predicted molar refractivity (Wildman–Crippen MR) is 93.3 cm³/mol. The molecule has 0 saturated heterocycles. The van der Waals surface area contributed by atoms with E-state index in [0.29, 0.717) is 0 Å². The number of nitrogens with zero attached hydrogens (tertiary/aromatic N) is 2. The van der Waals surface area contributed by atoms with Crippen molar-refractivity contribution in [2.75, 3.05) is 0 Å². The van der Waals surface area contributed by atoms with Gasteiger partial charge in [-0.15, -0.1) is 11.3 Å². The van der Waals surface area contributed by atoms with Crippen LogP contribution >= 0.6 is 11.3 Å². The van der Waals surface area contributed by atoms with Crippen LogP contribution in [0.5, 0.6) is 0 Å². The summed E-state index contributed by atoms with van der Waals surface area (Å²) in [6.07, 6.45) is -0.0375. The molecular formula is C18H20N2O2S. The molecule has 2 aromatic heterocycles. The van der Waals surface area contributed by atoms with E-state index >= 15 is 0 Å². The zero-order valence-electron chi connectivity index (χ0n) is 13.8. The van der Waals surface area contributed by atoms with Gasteiger partial charge < -0.3 is 5.11 Å². The summed E-state index contributed by atoms with van der Waals surface area (Å²) in [5.74, 6) is -0.841. The maximum absolute atomic E-state index is 11.4. The van der Waals surface area contributed by atoms with Gasteiger partial charge in [0, 0.05) is 22.1 Å². The number of aliphatic carboxylic acids is 1. The van der Waals surface area contributed by atoms with Crippen molar-refractivity contribution in [2.24, 2.45) is 0 Å². The maximum atomic E-state index is 11.4. The molecule has 0 atom stereocenters. The van der Waals surface area contributed by atoms with Gasteiger partial charge in [-0.05, 0) is 6.92 Å². The molecule has 4 nitrogen and oxygen atoms in total. The van der Waals surface area contributed by atoms with E-state index in [1.807, 2.05) is 35.6 Å². The standard InChI is InChI=1S/C18H20N2O2S/c1-11-5-7-12(8-6-11)16-13(9-15(21)22)20-14(18(2,3)4)10-23-17(20)19-16/h5-8,10H,9H2,1-4H3,(H,21,22). The smallest absolute Gasteiger partial charge is 0.309 e. The van der Waals surface area contributed by atoms with Crippen molar-refractivity contribution < 1.29 is 9.90 Å². The fourth-order valence-corrected chi connectivity index (χ4v) is 3.81. The molecule has 0 unspecified atom stereocenters. The van der Waals surface area contributed by atoms with Crippen LogP contribution in [-0.4, -0.2) is 20.5 Å². The summed E-state index contributed by atoms with van der Waals surface area (Å²) in [6.45, 7) is 8.42. The molecule has 0 aliphatic heterocycles. The Morgan fingerprint density at radius 1 is 1.26 bits per heavy atom. The largest absolute Gasteiger partial charge is 0.481 e. The number of fused-ring (bicyclic) bond motifs is 1. The molecule has 5 heteroatoms. The van der Waals surface area contributed by atoms with E-state index in [0.717, 1.165) is 27.6 Å². The quantitative estimate of drug-likeness (QED) is 0.780. The number of carbonyl (C=O) groups is 1. The number of carboxylic acids is 1. The number of imidazole rings is 1. The van der Waals surface area contributed by atoms with Gasteiger partial charge in [-0.3, -0.25) is 9.20 Å². The molecule has 0 amide bonds. The molecule has 0 bridgehead atoms. The van der Waals surface area contributed by atoms with Crippen molar-refractivity contribution >= 4 is 22.3 Å². The SMILES string of the molecule is Cc1ccc(-c2nc3scc(C(C)(C)C)n3c2CC(=O)O)cc1. The van der Waals surface area contributed by atoms with Crippen LogP contribution in [-0.2, 0) is 16.6 Å². The Morgan fingerprint density at radius 2 is 1.91 bits per heavy atom. The molecule has 1 aromatic carbocycles. The summed E-state index contributed by atoms with van der Waals surface area (Å²) in [7, 11) is 0. The van der Waals surface area contributed by atoms with E-state index in [1.165, 1.54) is 5.56 Å². The van der Waals surface area contributed by atoms with Crippen LogP contribution in [0.15, 0.2) is 29.6 Å². The highest BCUT2D eigenvalue weighted by molar-refractivity contribution is 7.15. The van der Waals surface area contributed by atoms with E-state index in [2.05, 4.69) is 26.2 Å². The highest BCUT2D eigenvalue weighted by atomic mass is 32.1. The molecule has 3 aromatic rings. The molecular weight excluding hydrogens is 308 g/mol. The van der Waals surface area contributed by atoms with E-state index in [1.54, 1.807) is 11.3 Å². The minimum absolute atomic E-state index is 0.0375. The molecule has 0 radical (unpaired) electrons. The summed E-state index contributed by atoms with van der Waals surface area (Å²) in [6, 6.07) is 8.06. The fraction of sp³-hybridized carbons (Fsp3) is 0.333. The van der Waals surface area contributed by atoms with E-state index in [4.69, 9.17) is 4.98 Å². The van der Waals surface area contributed by atoms with Gasteiger partial charge in [-0.25, -0.2) is 4.98 Å². The first-order valence-electron chi connectivity index (χ1n) is 7.55. The van der Waals surface area contributed by atoms with Crippen LogP contribution in [0.4, 0.5) is 0 Å². The van der Waals surface area contributed by atoms with Gasteiger partial charge in [-0.2, -0.15) is 0 Å². The Morgan fingerprint density at radius 3 is 2.48 bits per heavy atom. The molecule has 0 aliphatic carbocycles. The summed E-state index contributed by atoms with van der Waals surface area (Å²) in [5.41, 5.74) is 4.68. The fourth-order valence-electron chi connectivity index (χ4n) is 2.68. The third-order valence-corrected chi connectivity index (χ3v) is 4.70. The Balaban J connectivity index is 2.27. The molecule has 0 saturated carbocycles. The average Bonchev–Trinajstić information content (AvgIpc) is 2.99. The van der Waals surface area contributed by atoms with Crippen LogP contribution in [0.2, 0.25) is 0 Å². The van der Waals surface area contributed by atoms with Gasteiger partial charge in [0.2, 0.25) is 0 Å². The molecule has 1 N–H and O–H groups in total. The number of hydrogen-bond acceptors (Lipinski definition) is 3. The van der Waals surface area contributed by atoms with Crippen LogP contribution in [0.1, 0.15) is 37.7 Å². The summed E-state index contributed by atoms with van der Waals surface area (Å²) >= 11 is 1.56. The highest BCUT2D eigenvalue weighted by Crippen LogP contribution is 2.33. The summed E-state index contributed by atoms with van der Waals surface area (Å²) < 4.78 is 2.02. The Kier molecular flexibility index (Phi) is 3.76. The Labute approximate surface area is 139 Å². The topological polar surface area (TPSA) is 54.6 Å². The van der Waals surface area contributed by atoms with Gasteiger partial charge in [-0.1, -0.05) is 50.6 Å². The van der Waals surface area contributed by atoms with Crippen LogP contribution < -0.4 is 0 Å². The highest BCUT2D eigenvalue weighted by Gasteiger charge is 2.25. The van der Waals surface area contributed by atoms with E-state index < -0.39 is 5.97 Å². The number of aromatic nitrogens is 2. The number of benzene rings is 1. The third kappa shape index (κ3) is 2.88. The second-order valence-electron chi connectivity index (χ2n) is 6.83. The van der Waals surface area contributed by atoms with Crippen LogP contribution in [0.25, 0.3) is 16.2 Å². The monoisotopic (exact) mass is 328 g/mol. The van der Waals surface area contributed by atoms with Gasteiger partial charge in [0.25, 0.3) is 0 Å². The number of hydrogen-bond donors (Lipinski definition) is 1. The maximum Gasteiger partial charge on any atom is 0.309 e. The van der Waals surface area contributed by atoms with Crippen molar-refractivity contribution in [1.29, 1.82) is 0 Å². The van der Waals surface area contributed by atoms with E-state index in [-0.39, 0.29) is 11.8 Å². The second-order valence-corrected chi connectivity index (χ2v) is 7.67. The number of aryl methyl sites for hydroxylation is 1.